The van der Waals surface area contributed by atoms with Gasteiger partial charge in [-0.05, 0) is 32.3 Å². The Balaban J connectivity index is 2.10. The van der Waals surface area contributed by atoms with Crippen LogP contribution >= 0.6 is 0 Å². The largest absolute Gasteiger partial charge is 0.493 e. The molecule has 3 rings (SSSR count). The first-order valence-electron chi connectivity index (χ1n) is 10.3. The van der Waals surface area contributed by atoms with Gasteiger partial charge in [0.25, 0.3) is 0 Å². The highest BCUT2D eigenvalue weighted by molar-refractivity contribution is 6.04. The van der Waals surface area contributed by atoms with E-state index in [-0.39, 0.29) is 12.4 Å². The quantitative estimate of drug-likeness (QED) is 0.397. The molecule has 154 valence electrons. The minimum Gasteiger partial charge on any atom is -0.493 e. The van der Waals surface area contributed by atoms with Gasteiger partial charge in [0.1, 0.15) is 12.4 Å². The van der Waals surface area contributed by atoms with E-state index in [2.05, 4.69) is 18.8 Å². The minimum absolute atomic E-state index is 0.0774. The number of dihydropyridines is 1. The lowest BCUT2D eigenvalue weighted by molar-refractivity contribution is -0.138. The molecule has 0 spiro atoms. The summed E-state index contributed by atoms with van der Waals surface area (Å²) < 4.78 is 11.4. The van der Waals surface area contributed by atoms with Gasteiger partial charge in [0.05, 0.1) is 18.1 Å². The van der Waals surface area contributed by atoms with E-state index in [9.17, 15) is 9.59 Å². The van der Waals surface area contributed by atoms with Gasteiger partial charge in [-0.15, -0.1) is 0 Å². The predicted molar refractivity (Wildman–Crippen MR) is 112 cm³/mol. The molecule has 0 fully saturated rings. The van der Waals surface area contributed by atoms with Crippen LogP contribution in [-0.2, 0) is 14.3 Å². The molecule has 0 saturated heterocycles. The first-order chi connectivity index (χ1) is 14.1. The van der Waals surface area contributed by atoms with Crippen molar-refractivity contribution in [3.63, 3.8) is 0 Å². The van der Waals surface area contributed by atoms with Crippen LogP contribution in [0.25, 0.3) is 0 Å². The molecule has 1 aliphatic heterocycles. The zero-order valence-electron chi connectivity index (χ0n) is 17.3. The highest BCUT2D eigenvalue weighted by Crippen LogP contribution is 2.45. The summed E-state index contributed by atoms with van der Waals surface area (Å²) in [5.74, 6) is -0.143. The molecular weight excluding hydrogens is 366 g/mol. The smallest absolute Gasteiger partial charge is 0.337 e. The average Bonchev–Trinajstić information content (AvgIpc) is 2.72. The predicted octanol–water partition coefficient (Wildman–Crippen LogP) is 4.56. The van der Waals surface area contributed by atoms with Crippen molar-refractivity contribution in [2.75, 3.05) is 13.2 Å². The van der Waals surface area contributed by atoms with E-state index in [1.807, 2.05) is 31.2 Å². The van der Waals surface area contributed by atoms with Gasteiger partial charge in [0.15, 0.2) is 5.78 Å². The third-order valence-electron chi connectivity index (χ3n) is 5.31. The number of carbonyl (C=O) groups excluding carboxylic acids is 2. The molecule has 1 atom stereocenters. The zero-order valence-corrected chi connectivity index (χ0v) is 17.3. The lowest BCUT2D eigenvalue weighted by atomic mass is 9.75. The first-order valence-corrected chi connectivity index (χ1v) is 10.3. The molecule has 0 radical (unpaired) electrons. The summed E-state index contributed by atoms with van der Waals surface area (Å²) in [5.41, 5.74) is 3.59. The van der Waals surface area contributed by atoms with Crippen LogP contribution in [0.2, 0.25) is 0 Å². The van der Waals surface area contributed by atoms with E-state index >= 15 is 0 Å². The maximum atomic E-state index is 13.0. The molecular formula is C24H29NO4. The van der Waals surface area contributed by atoms with Crippen LogP contribution < -0.4 is 10.1 Å². The maximum Gasteiger partial charge on any atom is 0.337 e. The third kappa shape index (κ3) is 4.44. The van der Waals surface area contributed by atoms with E-state index in [0.29, 0.717) is 29.9 Å². The SMILES string of the molecule is C=CCOC(=O)C1=C(C)NC2=C(C(=O)CCC2)[C@@H]1c1ccccc1OCCCC. The summed E-state index contributed by atoms with van der Waals surface area (Å²) in [6.45, 7) is 8.30. The number of nitrogens with one attached hydrogen (secondary N) is 1. The molecule has 1 aromatic carbocycles. The summed E-state index contributed by atoms with van der Waals surface area (Å²) in [6, 6.07) is 7.68. The van der Waals surface area contributed by atoms with Gasteiger partial charge < -0.3 is 14.8 Å². The molecule has 0 saturated carbocycles. The molecule has 1 aromatic rings. The van der Waals surface area contributed by atoms with Crippen LogP contribution in [0.1, 0.15) is 57.4 Å². The van der Waals surface area contributed by atoms with Crippen LogP contribution in [0.3, 0.4) is 0 Å². The zero-order chi connectivity index (χ0) is 20.8. The van der Waals surface area contributed by atoms with Crippen LogP contribution in [0, 0.1) is 0 Å². The molecule has 0 amide bonds. The lowest BCUT2D eigenvalue weighted by Gasteiger charge is -2.34. The van der Waals surface area contributed by atoms with Crippen molar-refractivity contribution in [1.29, 1.82) is 0 Å². The number of allylic oxidation sites excluding steroid dienone is 3. The number of carbonyl (C=O) groups is 2. The van der Waals surface area contributed by atoms with Crippen molar-refractivity contribution in [1.82, 2.24) is 5.32 Å². The van der Waals surface area contributed by atoms with E-state index in [0.717, 1.165) is 42.6 Å². The molecule has 1 N–H and O–H groups in total. The third-order valence-corrected chi connectivity index (χ3v) is 5.31. The van der Waals surface area contributed by atoms with Crippen molar-refractivity contribution in [2.45, 2.75) is 51.9 Å². The Labute approximate surface area is 172 Å². The Bertz CT molecular complexity index is 865. The second kappa shape index (κ2) is 9.59. The molecule has 0 bridgehead atoms. The van der Waals surface area contributed by atoms with Crippen LogP contribution in [0.5, 0.6) is 5.75 Å². The highest BCUT2D eigenvalue weighted by atomic mass is 16.5. The second-order valence-electron chi connectivity index (χ2n) is 7.39. The monoisotopic (exact) mass is 395 g/mol. The first kappa shape index (κ1) is 20.9. The molecule has 0 aromatic heterocycles. The molecule has 1 heterocycles. The van der Waals surface area contributed by atoms with E-state index in [4.69, 9.17) is 9.47 Å². The summed E-state index contributed by atoms with van der Waals surface area (Å²) in [6.07, 6.45) is 5.61. The number of ether oxygens (including phenoxy) is 2. The van der Waals surface area contributed by atoms with Gasteiger partial charge in [-0.25, -0.2) is 4.79 Å². The van der Waals surface area contributed by atoms with Gasteiger partial charge in [-0.2, -0.15) is 0 Å². The molecule has 2 aliphatic rings. The number of hydrogen-bond acceptors (Lipinski definition) is 5. The standard InChI is InChI=1S/C24H29NO4/c1-4-6-15-28-20-13-8-7-10-17(20)22-21(24(27)29-14-5-2)16(3)25-18-11-9-12-19(26)23(18)22/h5,7-8,10,13,22,25H,2,4,6,9,11-12,14-15H2,1,3H3/t22-/m1/s1. The topological polar surface area (TPSA) is 64.6 Å². The number of esters is 1. The van der Waals surface area contributed by atoms with Gasteiger partial charge >= 0.3 is 5.97 Å². The highest BCUT2D eigenvalue weighted by Gasteiger charge is 2.40. The van der Waals surface area contributed by atoms with Crippen molar-refractivity contribution < 1.29 is 19.1 Å². The number of Topliss-reactive ketones (excluding diaryl/α,β-unsaturated/α-hetero) is 1. The van der Waals surface area contributed by atoms with E-state index in [1.54, 1.807) is 0 Å². The fourth-order valence-electron chi connectivity index (χ4n) is 3.95. The molecule has 29 heavy (non-hydrogen) atoms. The lowest BCUT2D eigenvalue weighted by Crippen LogP contribution is -2.34. The Morgan fingerprint density at radius 1 is 1.31 bits per heavy atom. The Hall–Kier alpha value is -2.82. The van der Waals surface area contributed by atoms with E-state index < -0.39 is 11.9 Å². The van der Waals surface area contributed by atoms with Gasteiger partial charge in [-0.3, -0.25) is 4.79 Å². The van der Waals surface area contributed by atoms with Crippen molar-refractivity contribution >= 4 is 11.8 Å². The van der Waals surface area contributed by atoms with Crippen LogP contribution in [-0.4, -0.2) is 25.0 Å². The number of hydrogen-bond donors (Lipinski definition) is 1. The summed E-state index contributed by atoms with van der Waals surface area (Å²) >= 11 is 0. The molecule has 1 aliphatic carbocycles. The van der Waals surface area contributed by atoms with Gasteiger partial charge in [0.2, 0.25) is 0 Å². The van der Waals surface area contributed by atoms with Crippen LogP contribution in [0.4, 0.5) is 0 Å². The summed E-state index contributed by atoms with van der Waals surface area (Å²) in [5, 5.41) is 3.30. The average molecular weight is 395 g/mol. The fourth-order valence-corrected chi connectivity index (χ4v) is 3.95. The molecule has 0 unspecified atom stereocenters. The Kier molecular flexibility index (Phi) is 6.91. The van der Waals surface area contributed by atoms with Crippen molar-refractivity contribution in [3.05, 3.63) is 65.0 Å². The summed E-state index contributed by atoms with van der Waals surface area (Å²) in [7, 11) is 0. The fraction of sp³-hybridized carbons (Fsp3) is 0.417. The molecule has 5 heteroatoms. The maximum absolute atomic E-state index is 13.0. The Morgan fingerprint density at radius 2 is 2.10 bits per heavy atom. The minimum atomic E-state index is -0.491. The normalized spacial score (nSPS) is 18.8. The number of unbranched alkanes of at least 4 members (excludes halogenated alkanes) is 1. The summed E-state index contributed by atoms with van der Waals surface area (Å²) in [4.78, 5) is 25.9. The number of benzene rings is 1. The number of rotatable bonds is 8. The van der Waals surface area contributed by atoms with Gasteiger partial charge in [-0.1, -0.05) is 44.2 Å². The van der Waals surface area contributed by atoms with Crippen molar-refractivity contribution in [3.8, 4) is 5.75 Å². The number of para-hydroxylation sites is 1. The molecule has 5 nitrogen and oxygen atoms in total. The van der Waals surface area contributed by atoms with E-state index in [1.165, 1.54) is 6.08 Å². The second-order valence-corrected chi connectivity index (χ2v) is 7.39. The Morgan fingerprint density at radius 3 is 2.86 bits per heavy atom. The van der Waals surface area contributed by atoms with Crippen molar-refractivity contribution in [2.24, 2.45) is 0 Å². The number of ketones is 1. The van der Waals surface area contributed by atoms with Gasteiger partial charge in [0, 0.05) is 29.0 Å². The van der Waals surface area contributed by atoms with Crippen LogP contribution in [0.15, 0.2) is 59.5 Å².